The number of nitrogens with zero attached hydrogens (tertiary/aromatic N) is 3. The quantitative estimate of drug-likeness (QED) is 0.574. The minimum Gasteiger partial charge on any atom is -0.493 e. The zero-order chi connectivity index (χ0) is 21.8. The van der Waals surface area contributed by atoms with E-state index >= 15 is 0 Å². The number of amides is 1. The van der Waals surface area contributed by atoms with Gasteiger partial charge in [0.1, 0.15) is 11.5 Å². The lowest BCUT2D eigenvalue weighted by atomic mass is 10.1. The van der Waals surface area contributed by atoms with Crippen molar-refractivity contribution in [1.82, 2.24) is 14.8 Å². The molecule has 1 aromatic heterocycles. The maximum atomic E-state index is 12.7. The Morgan fingerprint density at radius 2 is 1.81 bits per heavy atom. The highest BCUT2D eigenvalue weighted by atomic mass is 16.5. The molecule has 1 saturated heterocycles. The molecule has 162 valence electrons. The van der Waals surface area contributed by atoms with E-state index in [-0.39, 0.29) is 5.91 Å². The van der Waals surface area contributed by atoms with Crippen molar-refractivity contribution in [3.8, 4) is 17.2 Å². The zero-order valence-electron chi connectivity index (χ0n) is 18.4. The first kappa shape index (κ1) is 21.1. The minimum atomic E-state index is 0.148. The SMILES string of the molecule is CCOc1ccccc1-c1nc(CN2CCN(Cc3ccc(C)cc3)C(=O)C2)c(C)o1. The molecule has 6 heteroatoms. The minimum absolute atomic E-state index is 0.148. The van der Waals surface area contributed by atoms with Crippen LogP contribution in [0.3, 0.4) is 0 Å². The number of carbonyl (C=O) groups is 1. The van der Waals surface area contributed by atoms with E-state index in [2.05, 4.69) is 36.1 Å². The van der Waals surface area contributed by atoms with Gasteiger partial charge in [0.05, 0.1) is 24.4 Å². The summed E-state index contributed by atoms with van der Waals surface area (Å²) < 4.78 is 11.7. The molecule has 0 N–H and O–H groups in total. The van der Waals surface area contributed by atoms with Gasteiger partial charge in [-0.1, -0.05) is 42.0 Å². The monoisotopic (exact) mass is 419 g/mol. The van der Waals surface area contributed by atoms with Gasteiger partial charge in [0.2, 0.25) is 11.8 Å². The highest BCUT2D eigenvalue weighted by molar-refractivity contribution is 5.79. The second-order valence-corrected chi connectivity index (χ2v) is 7.96. The molecule has 31 heavy (non-hydrogen) atoms. The number of carbonyl (C=O) groups excluding carboxylic acids is 1. The van der Waals surface area contributed by atoms with Crippen LogP contribution < -0.4 is 4.74 Å². The van der Waals surface area contributed by atoms with Gasteiger partial charge in [-0.25, -0.2) is 4.98 Å². The molecule has 0 radical (unpaired) electrons. The molecular weight excluding hydrogens is 390 g/mol. The van der Waals surface area contributed by atoms with E-state index in [9.17, 15) is 4.79 Å². The molecule has 0 unspecified atom stereocenters. The van der Waals surface area contributed by atoms with Crippen molar-refractivity contribution in [3.05, 3.63) is 71.1 Å². The molecule has 6 nitrogen and oxygen atoms in total. The van der Waals surface area contributed by atoms with E-state index in [0.717, 1.165) is 34.9 Å². The normalized spacial score (nSPS) is 14.8. The van der Waals surface area contributed by atoms with Gasteiger partial charge in [0.15, 0.2) is 0 Å². The fourth-order valence-corrected chi connectivity index (χ4v) is 3.80. The molecule has 2 heterocycles. The zero-order valence-corrected chi connectivity index (χ0v) is 18.4. The average Bonchev–Trinajstić information content (AvgIpc) is 3.12. The smallest absolute Gasteiger partial charge is 0.237 e. The van der Waals surface area contributed by atoms with Crippen LogP contribution in [0.15, 0.2) is 52.9 Å². The van der Waals surface area contributed by atoms with Gasteiger partial charge < -0.3 is 14.1 Å². The highest BCUT2D eigenvalue weighted by Gasteiger charge is 2.26. The predicted octanol–water partition coefficient (Wildman–Crippen LogP) is 4.20. The van der Waals surface area contributed by atoms with Gasteiger partial charge >= 0.3 is 0 Å². The first-order chi connectivity index (χ1) is 15.0. The summed E-state index contributed by atoms with van der Waals surface area (Å²) in [5.41, 5.74) is 4.10. The van der Waals surface area contributed by atoms with Crippen LogP contribution in [0.1, 0.15) is 29.5 Å². The molecule has 0 aliphatic carbocycles. The van der Waals surface area contributed by atoms with E-state index in [1.54, 1.807) is 0 Å². The van der Waals surface area contributed by atoms with Crippen molar-refractivity contribution in [1.29, 1.82) is 0 Å². The lowest BCUT2D eigenvalue weighted by molar-refractivity contribution is -0.136. The fraction of sp³-hybridized carbons (Fsp3) is 0.360. The van der Waals surface area contributed by atoms with E-state index in [4.69, 9.17) is 14.1 Å². The van der Waals surface area contributed by atoms with E-state index in [0.29, 0.717) is 38.7 Å². The van der Waals surface area contributed by atoms with Crippen molar-refractivity contribution in [3.63, 3.8) is 0 Å². The van der Waals surface area contributed by atoms with Crippen LogP contribution in [-0.4, -0.2) is 46.9 Å². The van der Waals surface area contributed by atoms with Gasteiger partial charge in [0.25, 0.3) is 0 Å². The first-order valence-electron chi connectivity index (χ1n) is 10.8. The second kappa shape index (κ2) is 9.35. The lowest BCUT2D eigenvalue weighted by Gasteiger charge is -2.34. The van der Waals surface area contributed by atoms with E-state index in [1.165, 1.54) is 5.56 Å². The Kier molecular flexibility index (Phi) is 6.37. The number of aromatic nitrogens is 1. The Balaban J connectivity index is 1.41. The number of ether oxygens (including phenoxy) is 1. The Bertz CT molecular complexity index is 1040. The van der Waals surface area contributed by atoms with Crippen molar-refractivity contribution < 1.29 is 13.9 Å². The molecule has 2 aromatic carbocycles. The van der Waals surface area contributed by atoms with Gasteiger partial charge in [-0.2, -0.15) is 0 Å². The second-order valence-electron chi connectivity index (χ2n) is 7.96. The number of para-hydroxylation sites is 1. The molecule has 0 saturated carbocycles. The molecule has 1 fully saturated rings. The molecule has 0 atom stereocenters. The number of aryl methyl sites for hydroxylation is 2. The van der Waals surface area contributed by atoms with Gasteiger partial charge in [-0.05, 0) is 38.5 Å². The lowest BCUT2D eigenvalue weighted by Crippen LogP contribution is -2.49. The van der Waals surface area contributed by atoms with Crippen molar-refractivity contribution in [2.24, 2.45) is 0 Å². The van der Waals surface area contributed by atoms with Crippen LogP contribution in [0.5, 0.6) is 5.75 Å². The van der Waals surface area contributed by atoms with Crippen LogP contribution in [0.2, 0.25) is 0 Å². The number of oxazole rings is 1. The topological polar surface area (TPSA) is 58.8 Å². The molecule has 4 rings (SSSR count). The van der Waals surface area contributed by atoms with Crippen molar-refractivity contribution >= 4 is 5.91 Å². The molecule has 3 aromatic rings. The Morgan fingerprint density at radius 1 is 1.03 bits per heavy atom. The van der Waals surface area contributed by atoms with Crippen LogP contribution in [0.25, 0.3) is 11.5 Å². The average molecular weight is 420 g/mol. The van der Waals surface area contributed by atoms with Crippen LogP contribution in [-0.2, 0) is 17.9 Å². The summed E-state index contributed by atoms with van der Waals surface area (Å²) in [7, 11) is 0. The Hall–Kier alpha value is -3.12. The van der Waals surface area contributed by atoms with Crippen LogP contribution in [0.4, 0.5) is 0 Å². The Morgan fingerprint density at radius 3 is 2.55 bits per heavy atom. The van der Waals surface area contributed by atoms with Crippen LogP contribution in [0, 0.1) is 13.8 Å². The molecule has 1 aliphatic rings. The van der Waals surface area contributed by atoms with Gasteiger partial charge in [-0.15, -0.1) is 0 Å². The number of hydrogen-bond donors (Lipinski definition) is 0. The number of rotatable bonds is 7. The van der Waals surface area contributed by atoms with Gasteiger partial charge in [0, 0.05) is 26.2 Å². The van der Waals surface area contributed by atoms with Crippen molar-refractivity contribution in [2.45, 2.75) is 33.9 Å². The third kappa shape index (κ3) is 4.97. The highest BCUT2D eigenvalue weighted by Crippen LogP contribution is 2.31. The van der Waals surface area contributed by atoms with Gasteiger partial charge in [-0.3, -0.25) is 9.69 Å². The van der Waals surface area contributed by atoms with Crippen molar-refractivity contribution in [2.75, 3.05) is 26.2 Å². The molecular formula is C25H29N3O3. The third-order valence-corrected chi connectivity index (χ3v) is 5.58. The van der Waals surface area contributed by atoms with Crippen LogP contribution >= 0.6 is 0 Å². The number of hydrogen-bond acceptors (Lipinski definition) is 5. The largest absolute Gasteiger partial charge is 0.493 e. The summed E-state index contributed by atoms with van der Waals surface area (Å²) in [4.78, 5) is 21.5. The standard InChI is InChI=1S/C25H29N3O3/c1-4-30-23-8-6-5-7-21(23)25-26-22(19(3)31-25)16-27-13-14-28(24(29)17-27)15-20-11-9-18(2)10-12-20/h5-12H,4,13-17H2,1-3H3. The van der Waals surface area contributed by atoms with E-state index in [1.807, 2.05) is 43.0 Å². The summed E-state index contributed by atoms with van der Waals surface area (Å²) in [6.07, 6.45) is 0. The molecule has 1 aliphatic heterocycles. The summed E-state index contributed by atoms with van der Waals surface area (Å²) in [5, 5.41) is 0. The fourth-order valence-electron chi connectivity index (χ4n) is 3.80. The molecule has 0 spiro atoms. The summed E-state index contributed by atoms with van der Waals surface area (Å²) in [6, 6.07) is 16.1. The summed E-state index contributed by atoms with van der Waals surface area (Å²) in [5.74, 6) is 2.24. The molecule has 0 bridgehead atoms. The predicted molar refractivity (Wildman–Crippen MR) is 120 cm³/mol. The van der Waals surface area contributed by atoms with E-state index < -0.39 is 0 Å². The molecule has 1 amide bonds. The maximum absolute atomic E-state index is 12.7. The summed E-state index contributed by atoms with van der Waals surface area (Å²) >= 11 is 0. The number of piperazine rings is 1. The Labute approximate surface area is 183 Å². The first-order valence-corrected chi connectivity index (χ1v) is 10.8. The maximum Gasteiger partial charge on any atom is 0.237 e. The number of benzene rings is 2. The third-order valence-electron chi connectivity index (χ3n) is 5.58. The summed E-state index contributed by atoms with van der Waals surface area (Å²) in [6.45, 7) is 9.70.